The van der Waals surface area contributed by atoms with Crippen LogP contribution in [0.25, 0.3) is 0 Å². The number of rotatable bonds is 22. The van der Waals surface area contributed by atoms with Gasteiger partial charge < -0.3 is 9.47 Å². The molecule has 4 nitrogen and oxygen atoms in total. The Morgan fingerprint density at radius 2 is 1.00 bits per heavy atom. The molecule has 0 amide bonds. The van der Waals surface area contributed by atoms with Crippen LogP contribution in [-0.4, -0.2) is 18.5 Å². The molecule has 0 fully saturated rings. The first-order valence-electron chi connectivity index (χ1n) is 17.4. The first kappa shape index (κ1) is 38.2. The maximum atomic E-state index is 12.5. The molecule has 4 heteroatoms. The second-order valence-corrected chi connectivity index (χ2v) is 14.4. The van der Waals surface area contributed by atoms with Crippen molar-refractivity contribution >= 4 is 11.9 Å². The average molecular weight is 587 g/mol. The van der Waals surface area contributed by atoms with Crippen LogP contribution in [0.1, 0.15) is 188 Å². The van der Waals surface area contributed by atoms with Gasteiger partial charge in [0.15, 0.2) is 0 Å². The van der Waals surface area contributed by atoms with Crippen LogP contribution in [0.15, 0.2) is 12.1 Å². The van der Waals surface area contributed by atoms with Gasteiger partial charge in [-0.3, -0.25) is 9.59 Å². The second kappa shape index (κ2) is 21.0. The predicted octanol–water partition coefficient (Wildman–Crippen LogP) is 11.3. The summed E-state index contributed by atoms with van der Waals surface area (Å²) >= 11 is 0. The van der Waals surface area contributed by atoms with Crippen molar-refractivity contribution in [2.24, 2.45) is 0 Å². The van der Waals surface area contributed by atoms with Crippen LogP contribution in [0.3, 0.4) is 0 Å². The van der Waals surface area contributed by atoms with Crippen molar-refractivity contribution < 1.29 is 19.1 Å². The molecule has 0 atom stereocenters. The second-order valence-electron chi connectivity index (χ2n) is 14.4. The minimum atomic E-state index is -0.226. The summed E-state index contributed by atoms with van der Waals surface area (Å²) in [6.07, 6.45) is 22.7. The molecule has 42 heavy (non-hydrogen) atoms. The Balaban J connectivity index is 2.32. The number of carbonyl (C=O) groups excluding carboxylic acids is 2. The highest BCUT2D eigenvalue weighted by molar-refractivity contribution is 5.74. The number of esters is 2. The van der Waals surface area contributed by atoms with Gasteiger partial charge in [-0.05, 0) is 29.2 Å². The summed E-state index contributed by atoms with van der Waals surface area (Å²) in [5, 5.41) is 0. The lowest BCUT2D eigenvalue weighted by molar-refractivity contribution is -0.143. The van der Waals surface area contributed by atoms with Gasteiger partial charge in [0.1, 0.15) is 5.75 Å². The molecule has 0 unspecified atom stereocenters. The number of ether oxygens (including phenoxy) is 2. The van der Waals surface area contributed by atoms with Crippen molar-refractivity contribution in [3.05, 3.63) is 28.8 Å². The zero-order valence-corrected chi connectivity index (χ0v) is 28.9. The number of benzene rings is 1. The zero-order chi connectivity index (χ0) is 31.4. The van der Waals surface area contributed by atoms with E-state index in [1.54, 1.807) is 0 Å². The quantitative estimate of drug-likeness (QED) is 0.0770. The van der Waals surface area contributed by atoms with E-state index >= 15 is 0 Å². The molecule has 0 saturated heterocycles. The van der Waals surface area contributed by atoms with Crippen molar-refractivity contribution in [3.63, 3.8) is 0 Å². The van der Waals surface area contributed by atoms with Gasteiger partial charge in [0.05, 0.1) is 6.61 Å². The summed E-state index contributed by atoms with van der Waals surface area (Å²) in [6.45, 7) is 17.4. The molecule has 0 aliphatic heterocycles. The standard InChI is InChI=1S/C38H66O4/c1-9-11-12-13-14-15-16-17-18-19-20-21-22-23-24-25-28-41-35(40)27-26-31-29-32(37(3,4)5)36(42-34(39)10-2)33(30-31)38(6,7)8/h29-30H,9-28H2,1-8H3. The van der Waals surface area contributed by atoms with Crippen molar-refractivity contribution in [2.75, 3.05) is 6.61 Å². The fraction of sp³-hybridized carbons (Fsp3) is 0.789. The summed E-state index contributed by atoms with van der Waals surface area (Å²) in [5.74, 6) is 0.320. The van der Waals surface area contributed by atoms with E-state index in [1.807, 2.05) is 6.92 Å². The third kappa shape index (κ3) is 16.7. The van der Waals surface area contributed by atoms with Gasteiger partial charge in [0.2, 0.25) is 0 Å². The maximum Gasteiger partial charge on any atom is 0.310 e. The maximum absolute atomic E-state index is 12.5. The van der Waals surface area contributed by atoms with E-state index in [1.165, 1.54) is 89.9 Å². The van der Waals surface area contributed by atoms with Crippen molar-refractivity contribution in [3.8, 4) is 5.75 Å². The third-order valence-electron chi connectivity index (χ3n) is 8.15. The van der Waals surface area contributed by atoms with Crippen molar-refractivity contribution in [2.45, 2.75) is 188 Å². The lowest BCUT2D eigenvalue weighted by Gasteiger charge is -2.30. The van der Waals surface area contributed by atoms with Crippen LogP contribution in [-0.2, 0) is 31.6 Å². The number of hydrogen-bond donors (Lipinski definition) is 0. The Morgan fingerprint density at radius 1 is 0.595 bits per heavy atom. The monoisotopic (exact) mass is 586 g/mol. The first-order chi connectivity index (χ1) is 19.9. The topological polar surface area (TPSA) is 52.6 Å². The molecular weight excluding hydrogens is 520 g/mol. The Bertz CT molecular complexity index is 852. The van der Waals surface area contributed by atoms with Crippen molar-refractivity contribution in [1.29, 1.82) is 0 Å². The van der Waals surface area contributed by atoms with Crippen LogP contribution < -0.4 is 4.74 Å². The molecule has 0 bridgehead atoms. The number of carbonyl (C=O) groups is 2. The largest absolute Gasteiger partial charge is 0.466 e. The first-order valence-corrected chi connectivity index (χ1v) is 17.4. The molecule has 0 aliphatic rings. The normalized spacial score (nSPS) is 12.0. The number of aryl methyl sites for hydroxylation is 1. The van der Waals surface area contributed by atoms with E-state index in [4.69, 9.17) is 9.47 Å². The van der Waals surface area contributed by atoms with Gasteiger partial charge in [-0.2, -0.15) is 0 Å². The van der Waals surface area contributed by atoms with Crippen LogP contribution in [0.5, 0.6) is 5.75 Å². The SMILES string of the molecule is CCCCCCCCCCCCCCCCCCOC(=O)CCc1cc(C(C)(C)C)c(OC(=O)CC)c(C(C)(C)C)c1. The molecule has 0 spiro atoms. The number of unbranched alkanes of at least 4 members (excludes halogenated alkanes) is 15. The van der Waals surface area contributed by atoms with Crippen LogP contribution in [0, 0.1) is 0 Å². The highest BCUT2D eigenvalue weighted by Gasteiger charge is 2.29. The van der Waals surface area contributed by atoms with Crippen molar-refractivity contribution in [1.82, 2.24) is 0 Å². The molecule has 0 aromatic heterocycles. The minimum Gasteiger partial charge on any atom is -0.466 e. The zero-order valence-electron chi connectivity index (χ0n) is 28.9. The fourth-order valence-electron chi connectivity index (χ4n) is 5.40. The molecule has 0 aliphatic carbocycles. The van der Waals surface area contributed by atoms with Crippen LogP contribution in [0.2, 0.25) is 0 Å². The van der Waals surface area contributed by atoms with Gasteiger partial charge in [-0.25, -0.2) is 0 Å². The predicted molar refractivity (Wildman–Crippen MR) is 179 cm³/mol. The van der Waals surface area contributed by atoms with Gasteiger partial charge in [-0.15, -0.1) is 0 Å². The third-order valence-corrected chi connectivity index (χ3v) is 8.15. The van der Waals surface area contributed by atoms with E-state index in [2.05, 4.69) is 60.6 Å². The highest BCUT2D eigenvalue weighted by atomic mass is 16.5. The summed E-state index contributed by atoms with van der Waals surface area (Å²) in [6, 6.07) is 4.22. The molecule has 1 rings (SSSR count). The molecule has 1 aromatic carbocycles. The lowest BCUT2D eigenvalue weighted by atomic mass is 9.78. The Hall–Kier alpha value is -1.84. The van der Waals surface area contributed by atoms with E-state index in [-0.39, 0.29) is 22.8 Å². The number of hydrogen-bond acceptors (Lipinski definition) is 4. The Kier molecular flexibility index (Phi) is 19.1. The summed E-state index contributed by atoms with van der Waals surface area (Å²) in [4.78, 5) is 24.8. The lowest BCUT2D eigenvalue weighted by Crippen LogP contribution is -2.22. The smallest absolute Gasteiger partial charge is 0.310 e. The van der Waals surface area contributed by atoms with E-state index in [0.717, 1.165) is 29.5 Å². The highest BCUT2D eigenvalue weighted by Crippen LogP contribution is 2.41. The van der Waals surface area contributed by atoms with Gasteiger partial charge in [0, 0.05) is 24.0 Å². The van der Waals surface area contributed by atoms with E-state index < -0.39 is 0 Å². The summed E-state index contributed by atoms with van der Waals surface area (Å²) < 4.78 is 11.4. The van der Waals surface area contributed by atoms with Crippen LogP contribution in [0.4, 0.5) is 0 Å². The molecule has 242 valence electrons. The summed E-state index contributed by atoms with van der Waals surface area (Å²) in [7, 11) is 0. The van der Waals surface area contributed by atoms with E-state index in [0.29, 0.717) is 31.6 Å². The van der Waals surface area contributed by atoms with Gasteiger partial charge in [-0.1, -0.05) is 164 Å². The van der Waals surface area contributed by atoms with Gasteiger partial charge in [0.25, 0.3) is 0 Å². The molecule has 0 radical (unpaired) electrons. The molecular formula is C38H66O4. The van der Waals surface area contributed by atoms with Gasteiger partial charge >= 0.3 is 11.9 Å². The van der Waals surface area contributed by atoms with Crippen LogP contribution >= 0.6 is 0 Å². The molecule has 0 N–H and O–H groups in total. The molecule has 0 saturated carbocycles. The molecule has 1 aromatic rings. The minimum absolute atomic E-state index is 0.132. The fourth-order valence-corrected chi connectivity index (χ4v) is 5.40. The van der Waals surface area contributed by atoms with E-state index in [9.17, 15) is 9.59 Å². The summed E-state index contributed by atoms with van der Waals surface area (Å²) in [5.41, 5.74) is 2.70. The average Bonchev–Trinajstić information content (AvgIpc) is 2.92. The molecule has 0 heterocycles. The Labute approximate surface area is 260 Å². The Morgan fingerprint density at radius 3 is 1.38 bits per heavy atom.